The summed E-state index contributed by atoms with van der Waals surface area (Å²) >= 11 is 0. The van der Waals surface area contributed by atoms with Gasteiger partial charge >= 0.3 is 0 Å². The Balaban J connectivity index is 1.57. The highest BCUT2D eigenvalue weighted by Gasteiger charge is 2.24. The molecule has 0 amide bonds. The van der Waals surface area contributed by atoms with E-state index in [1.165, 1.54) is 11.3 Å². The van der Waals surface area contributed by atoms with Gasteiger partial charge in [-0.2, -0.15) is 0 Å². The van der Waals surface area contributed by atoms with Crippen LogP contribution in [-0.4, -0.2) is 18.2 Å². The highest BCUT2D eigenvalue weighted by Crippen LogP contribution is 2.35. The van der Waals surface area contributed by atoms with E-state index >= 15 is 0 Å². The number of nitrogens with zero attached hydrogens (tertiary/aromatic N) is 2. The van der Waals surface area contributed by atoms with E-state index in [9.17, 15) is 0 Å². The fourth-order valence-corrected chi connectivity index (χ4v) is 3.44. The van der Waals surface area contributed by atoms with Crippen LogP contribution in [0, 0.1) is 0 Å². The number of nitrogens with two attached hydrogens (primary N) is 1. The summed E-state index contributed by atoms with van der Waals surface area (Å²) in [6.07, 6.45) is 1.08. The molecule has 2 heterocycles. The molecular formula is C20H21N3O. The molecule has 2 aromatic carbocycles. The molecule has 1 aliphatic heterocycles. The molecule has 1 unspecified atom stereocenters. The number of anilines is 1. The van der Waals surface area contributed by atoms with Crippen molar-refractivity contribution in [2.75, 3.05) is 18.0 Å². The largest absolute Gasteiger partial charge is 0.365 e. The number of hydrogen-bond donors (Lipinski definition) is 1. The van der Waals surface area contributed by atoms with Crippen LogP contribution in [0.5, 0.6) is 0 Å². The van der Waals surface area contributed by atoms with E-state index < -0.39 is 0 Å². The number of fused-ring (bicyclic) bond motifs is 1. The Bertz CT molecular complexity index is 813. The second-order valence-electron chi connectivity index (χ2n) is 6.25. The molecule has 24 heavy (non-hydrogen) atoms. The standard InChI is InChI=1S/C20H21N3O/c21-13-16-10-11-23(19-9-5-4-8-18(16)19)14-17-12-20(24-22-17)15-6-2-1-3-7-15/h1-9,12,16H,10-11,13-14,21H2. The van der Waals surface area contributed by atoms with Crippen molar-refractivity contribution in [1.29, 1.82) is 0 Å². The molecular weight excluding hydrogens is 298 g/mol. The van der Waals surface area contributed by atoms with Crippen LogP contribution >= 0.6 is 0 Å². The van der Waals surface area contributed by atoms with Crippen molar-refractivity contribution in [3.05, 3.63) is 71.9 Å². The molecule has 3 aromatic rings. The number of rotatable bonds is 4. The maximum Gasteiger partial charge on any atom is 0.167 e. The van der Waals surface area contributed by atoms with Gasteiger partial charge in [-0.15, -0.1) is 0 Å². The summed E-state index contributed by atoms with van der Waals surface area (Å²) in [4.78, 5) is 2.37. The number of benzene rings is 2. The lowest BCUT2D eigenvalue weighted by atomic mass is 9.90. The zero-order valence-electron chi connectivity index (χ0n) is 13.6. The fourth-order valence-electron chi connectivity index (χ4n) is 3.44. The van der Waals surface area contributed by atoms with Gasteiger partial charge in [0.15, 0.2) is 5.76 Å². The van der Waals surface area contributed by atoms with Crippen LogP contribution < -0.4 is 10.6 Å². The molecule has 0 aliphatic carbocycles. The summed E-state index contributed by atoms with van der Waals surface area (Å²) in [6, 6.07) is 20.7. The van der Waals surface area contributed by atoms with Gasteiger partial charge in [0, 0.05) is 23.9 Å². The Morgan fingerprint density at radius 1 is 1.08 bits per heavy atom. The van der Waals surface area contributed by atoms with Gasteiger partial charge in [0.25, 0.3) is 0 Å². The zero-order valence-corrected chi connectivity index (χ0v) is 13.6. The monoisotopic (exact) mass is 319 g/mol. The van der Waals surface area contributed by atoms with Crippen LogP contribution in [0.15, 0.2) is 65.2 Å². The van der Waals surface area contributed by atoms with Crippen molar-refractivity contribution in [1.82, 2.24) is 5.16 Å². The summed E-state index contributed by atoms with van der Waals surface area (Å²) < 4.78 is 5.53. The van der Waals surface area contributed by atoms with Crippen molar-refractivity contribution in [2.45, 2.75) is 18.9 Å². The average Bonchev–Trinajstić information content (AvgIpc) is 3.11. The molecule has 0 radical (unpaired) electrons. The summed E-state index contributed by atoms with van der Waals surface area (Å²) in [6.45, 7) is 2.45. The Morgan fingerprint density at radius 2 is 1.88 bits per heavy atom. The van der Waals surface area contributed by atoms with E-state index in [1.54, 1.807) is 0 Å². The molecule has 0 saturated carbocycles. The minimum absolute atomic E-state index is 0.453. The molecule has 0 bridgehead atoms. The summed E-state index contributed by atoms with van der Waals surface area (Å²) in [5.41, 5.74) is 10.6. The molecule has 2 N–H and O–H groups in total. The molecule has 0 fully saturated rings. The summed E-state index contributed by atoms with van der Waals surface area (Å²) in [5, 5.41) is 4.26. The second kappa shape index (κ2) is 6.49. The van der Waals surface area contributed by atoms with Gasteiger partial charge in [-0.3, -0.25) is 0 Å². The van der Waals surface area contributed by atoms with E-state index in [0.717, 1.165) is 36.5 Å². The van der Waals surface area contributed by atoms with Crippen LogP contribution in [0.2, 0.25) is 0 Å². The summed E-state index contributed by atoms with van der Waals surface area (Å²) in [5.74, 6) is 1.27. The van der Waals surface area contributed by atoms with E-state index in [4.69, 9.17) is 10.3 Å². The van der Waals surface area contributed by atoms with Crippen LogP contribution in [0.3, 0.4) is 0 Å². The average molecular weight is 319 g/mol. The molecule has 1 atom stereocenters. The van der Waals surface area contributed by atoms with Gasteiger partial charge < -0.3 is 15.2 Å². The van der Waals surface area contributed by atoms with Crippen LogP contribution in [0.1, 0.15) is 23.6 Å². The quantitative estimate of drug-likeness (QED) is 0.795. The maximum absolute atomic E-state index is 5.94. The van der Waals surface area contributed by atoms with Gasteiger partial charge in [-0.1, -0.05) is 53.7 Å². The first-order chi connectivity index (χ1) is 11.8. The second-order valence-corrected chi connectivity index (χ2v) is 6.25. The Labute approximate surface area is 141 Å². The lowest BCUT2D eigenvalue weighted by Crippen LogP contribution is -2.32. The van der Waals surface area contributed by atoms with E-state index in [1.807, 2.05) is 36.4 Å². The van der Waals surface area contributed by atoms with Gasteiger partial charge in [0.2, 0.25) is 0 Å². The third kappa shape index (κ3) is 2.81. The van der Waals surface area contributed by atoms with Crippen molar-refractivity contribution in [3.63, 3.8) is 0 Å². The van der Waals surface area contributed by atoms with Crippen LogP contribution in [-0.2, 0) is 6.54 Å². The zero-order chi connectivity index (χ0) is 16.4. The van der Waals surface area contributed by atoms with Crippen molar-refractivity contribution in [2.24, 2.45) is 5.73 Å². The number of aromatic nitrogens is 1. The minimum Gasteiger partial charge on any atom is -0.365 e. The Kier molecular flexibility index (Phi) is 4.05. The van der Waals surface area contributed by atoms with Crippen molar-refractivity contribution >= 4 is 5.69 Å². The van der Waals surface area contributed by atoms with Crippen LogP contribution in [0.4, 0.5) is 5.69 Å². The van der Waals surface area contributed by atoms with Gasteiger partial charge in [0.05, 0.1) is 6.54 Å². The SMILES string of the molecule is NCC1CCN(Cc2cc(-c3ccccc3)on2)c2ccccc21. The fraction of sp³-hybridized carbons (Fsp3) is 0.250. The lowest BCUT2D eigenvalue weighted by molar-refractivity contribution is 0.421. The lowest BCUT2D eigenvalue weighted by Gasteiger charge is -2.34. The normalized spacial score (nSPS) is 16.9. The highest BCUT2D eigenvalue weighted by atomic mass is 16.5. The Morgan fingerprint density at radius 3 is 2.71 bits per heavy atom. The third-order valence-corrected chi connectivity index (χ3v) is 4.72. The third-order valence-electron chi connectivity index (χ3n) is 4.72. The van der Waals surface area contributed by atoms with Gasteiger partial charge in [-0.25, -0.2) is 0 Å². The predicted molar refractivity (Wildman–Crippen MR) is 95.8 cm³/mol. The molecule has 122 valence electrons. The van der Waals surface area contributed by atoms with E-state index in [-0.39, 0.29) is 0 Å². The van der Waals surface area contributed by atoms with Crippen LogP contribution in [0.25, 0.3) is 11.3 Å². The molecule has 0 spiro atoms. The van der Waals surface area contributed by atoms with E-state index in [0.29, 0.717) is 12.5 Å². The topological polar surface area (TPSA) is 55.3 Å². The highest BCUT2D eigenvalue weighted by molar-refractivity contribution is 5.59. The molecule has 4 rings (SSSR count). The summed E-state index contributed by atoms with van der Waals surface area (Å²) in [7, 11) is 0. The molecule has 1 aliphatic rings. The maximum atomic E-state index is 5.94. The minimum atomic E-state index is 0.453. The molecule has 0 saturated heterocycles. The predicted octanol–water partition coefficient (Wildman–Crippen LogP) is 3.79. The molecule has 1 aromatic heterocycles. The smallest absolute Gasteiger partial charge is 0.167 e. The number of hydrogen-bond acceptors (Lipinski definition) is 4. The van der Waals surface area contributed by atoms with Crippen molar-refractivity contribution in [3.8, 4) is 11.3 Å². The van der Waals surface area contributed by atoms with Crippen molar-refractivity contribution < 1.29 is 4.52 Å². The first kappa shape index (κ1) is 15.0. The first-order valence-corrected chi connectivity index (χ1v) is 8.40. The van der Waals surface area contributed by atoms with E-state index in [2.05, 4.69) is 34.3 Å². The number of para-hydroxylation sites is 1. The Hall–Kier alpha value is -2.59. The molecule has 4 heteroatoms. The van der Waals surface area contributed by atoms with Gasteiger partial charge in [-0.05, 0) is 30.5 Å². The first-order valence-electron chi connectivity index (χ1n) is 8.40. The van der Waals surface area contributed by atoms with Gasteiger partial charge in [0.1, 0.15) is 5.69 Å². The molecule has 4 nitrogen and oxygen atoms in total.